The molecule has 5 rings (SSSR count). The molecule has 9 atom stereocenters. The zero-order chi connectivity index (χ0) is 17.6. The molecule has 25 heavy (non-hydrogen) atoms. The average Bonchev–Trinajstić information content (AvgIpc) is 3.33. The van der Waals surface area contributed by atoms with Crippen LogP contribution in [-0.4, -0.2) is 29.7 Å². The van der Waals surface area contributed by atoms with Gasteiger partial charge in [-0.3, -0.25) is 0 Å². The van der Waals surface area contributed by atoms with E-state index in [0.717, 1.165) is 6.42 Å². The van der Waals surface area contributed by atoms with Crippen molar-refractivity contribution in [2.45, 2.75) is 71.2 Å². The molecule has 4 fully saturated rings. The van der Waals surface area contributed by atoms with Gasteiger partial charge in [0, 0.05) is 11.3 Å². The van der Waals surface area contributed by atoms with Crippen LogP contribution < -0.4 is 0 Å². The van der Waals surface area contributed by atoms with Crippen molar-refractivity contribution in [1.29, 1.82) is 0 Å². The highest BCUT2D eigenvalue weighted by Gasteiger charge is 2.66. The number of rotatable bonds is 2. The molecule has 0 aromatic carbocycles. The van der Waals surface area contributed by atoms with Crippen LogP contribution >= 0.6 is 0 Å². The molecule has 136 valence electrons. The Labute approximate surface area is 150 Å². The molecule has 1 aliphatic heterocycles. The second kappa shape index (κ2) is 5.07. The normalized spacial score (nSPS) is 54.2. The Kier molecular flexibility index (Phi) is 3.30. The zero-order valence-corrected chi connectivity index (χ0v) is 15.6. The van der Waals surface area contributed by atoms with Crippen molar-refractivity contribution in [2.75, 3.05) is 0 Å². The first-order valence-electron chi connectivity index (χ1n) is 10.1. The van der Waals surface area contributed by atoms with Crippen LogP contribution in [-0.2, 0) is 9.53 Å². The van der Waals surface area contributed by atoms with Gasteiger partial charge in [0.25, 0.3) is 0 Å². The number of hydrogen-bond acceptors (Lipinski definition) is 3. The Morgan fingerprint density at radius 2 is 2.04 bits per heavy atom. The van der Waals surface area contributed by atoms with Gasteiger partial charge < -0.3 is 14.6 Å². The number of carbonyl (C=O) groups excluding carboxylic acids is 1. The van der Waals surface area contributed by atoms with Gasteiger partial charge in [0.05, 0.1) is 12.2 Å². The van der Waals surface area contributed by atoms with Crippen LogP contribution in [0.4, 0.5) is 0 Å². The van der Waals surface area contributed by atoms with E-state index in [-0.39, 0.29) is 35.1 Å². The van der Waals surface area contributed by atoms with Crippen LogP contribution in [0.3, 0.4) is 0 Å². The van der Waals surface area contributed by atoms with Crippen molar-refractivity contribution in [2.24, 2.45) is 34.5 Å². The Bertz CT molecular complexity index is 679. The lowest BCUT2D eigenvalue weighted by molar-refractivity contribution is -0.113. The fourth-order valence-electron chi connectivity index (χ4n) is 7.38. The third kappa shape index (κ3) is 1.92. The van der Waals surface area contributed by atoms with Crippen molar-refractivity contribution in [3.8, 4) is 0 Å². The second-order valence-electron chi connectivity index (χ2n) is 9.76. The number of aldehydes is 1. The Morgan fingerprint density at radius 3 is 2.80 bits per heavy atom. The molecule has 0 radical (unpaired) electrons. The third-order valence-electron chi connectivity index (χ3n) is 8.85. The quantitative estimate of drug-likeness (QED) is 0.615. The van der Waals surface area contributed by atoms with Crippen molar-refractivity contribution < 1.29 is 14.6 Å². The molecule has 0 amide bonds. The highest BCUT2D eigenvalue weighted by Crippen LogP contribution is 2.67. The maximum absolute atomic E-state index is 11.4. The number of fused-ring (bicyclic) bond motifs is 7. The van der Waals surface area contributed by atoms with Gasteiger partial charge in [-0.15, -0.1) is 0 Å². The van der Waals surface area contributed by atoms with Crippen molar-refractivity contribution >= 4 is 6.29 Å². The molecule has 3 heteroatoms. The molecule has 0 aromatic heterocycles. The van der Waals surface area contributed by atoms with E-state index in [4.69, 9.17) is 4.74 Å². The summed E-state index contributed by atoms with van der Waals surface area (Å²) in [5, 5.41) is 10.3. The molecular formula is C22H30O3. The fourth-order valence-corrected chi connectivity index (χ4v) is 7.38. The lowest BCUT2D eigenvalue weighted by Gasteiger charge is -2.54. The fraction of sp³-hybridized carbons (Fsp3) is 0.773. The number of allylic oxidation sites excluding steroid dienone is 3. The van der Waals surface area contributed by atoms with Gasteiger partial charge in [-0.2, -0.15) is 0 Å². The summed E-state index contributed by atoms with van der Waals surface area (Å²) in [6.45, 7) is 6.93. The number of ether oxygens (including phenoxy) is 1. The summed E-state index contributed by atoms with van der Waals surface area (Å²) in [6, 6.07) is 0. The number of epoxide rings is 1. The van der Waals surface area contributed by atoms with Crippen molar-refractivity contribution in [3.05, 3.63) is 23.3 Å². The first-order chi connectivity index (χ1) is 11.9. The Balaban J connectivity index is 1.53. The van der Waals surface area contributed by atoms with Gasteiger partial charge in [-0.25, -0.2) is 0 Å². The van der Waals surface area contributed by atoms with Gasteiger partial charge in [0.2, 0.25) is 0 Å². The maximum Gasteiger partial charge on any atom is 0.123 e. The van der Waals surface area contributed by atoms with Crippen LogP contribution in [0.1, 0.15) is 52.9 Å². The third-order valence-corrected chi connectivity index (χ3v) is 8.85. The number of carbonyl (C=O) groups is 1. The highest BCUT2D eigenvalue weighted by molar-refractivity contribution is 5.54. The topological polar surface area (TPSA) is 49.8 Å². The first-order valence-corrected chi connectivity index (χ1v) is 10.1. The molecule has 1 saturated heterocycles. The molecule has 1 heterocycles. The monoisotopic (exact) mass is 342 g/mol. The molecular weight excluding hydrogens is 312 g/mol. The molecule has 5 aliphatic rings. The van der Waals surface area contributed by atoms with Gasteiger partial charge in [-0.1, -0.05) is 44.1 Å². The van der Waals surface area contributed by atoms with Gasteiger partial charge >= 0.3 is 0 Å². The molecule has 0 spiro atoms. The maximum atomic E-state index is 11.4. The van der Waals surface area contributed by atoms with Gasteiger partial charge in [-0.05, 0) is 55.3 Å². The minimum atomic E-state index is -0.322. The predicted octanol–water partition coefficient (Wildman–Crippen LogP) is 3.67. The first kappa shape index (κ1) is 16.3. The number of aliphatic hydroxyl groups excluding tert-OH is 1. The second-order valence-corrected chi connectivity index (χ2v) is 9.76. The van der Waals surface area contributed by atoms with Gasteiger partial charge in [0.1, 0.15) is 12.4 Å². The minimum Gasteiger partial charge on any atom is -0.390 e. The van der Waals surface area contributed by atoms with Crippen LogP contribution in [0.5, 0.6) is 0 Å². The Hall–Kier alpha value is -0.930. The van der Waals surface area contributed by atoms with E-state index in [1.807, 2.05) is 0 Å². The summed E-state index contributed by atoms with van der Waals surface area (Å²) in [5.74, 6) is 1.85. The molecule has 0 aromatic rings. The largest absolute Gasteiger partial charge is 0.390 e. The lowest BCUT2D eigenvalue weighted by Crippen LogP contribution is -2.49. The summed E-state index contributed by atoms with van der Waals surface area (Å²) in [7, 11) is 0. The molecule has 3 nitrogen and oxygen atoms in total. The smallest absolute Gasteiger partial charge is 0.123 e. The number of hydrogen-bond donors (Lipinski definition) is 1. The summed E-state index contributed by atoms with van der Waals surface area (Å²) in [6.07, 6.45) is 11.4. The van der Waals surface area contributed by atoms with Crippen LogP contribution in [0.15, 0.2) is 23.3 Å². The lowest BCUT2D eigenvalue weighted by atomic mass is 9.50. The van der Waals surface area contributed by atoms with E-state index in [2.05, 4.69) is 32.9 Å². The van der Waals surface area contributed by atoms with Crippen molar-refractivity contribution in [1.82, 2.24) is 0 Å². The zero-order valence-electron chi connectivity index (χ0n) is 15.6. The average molecular weight is 342 g/mol. The van der Waals surface area contributed by atoms with Crippen LogP contribution in [0, 0.1) is 34.5 Å². The Morgan fingerprint density at radius 1 is 1.24 bits per heavy atom. The van der Waals surface area contributed by atoms with E-state index in [1.54, 1.807) is 5.57 Å². The summed E-state index contributed by atoms with van der Waals surface area (Å²) < 4.78 is 5.96. The highest BCUT2D eigenvalue weighted by atomic mass is 16.6. The summed E-state index contributed by atoms with van der Waals surface area (Å²) in [4.78, 5) is 11.4. The summed E-state index contributed by atoms with van der Waals surface area (Å²) in [5.41, 5.74) is 3.35. The minimum absolute atomic E-state index is 0.0567. The number of aliphatic hydroxyl groups is 1. The van der Waals surface area contributed by atoms with E-state index < -0.39 is 0 Å². The molecule has 4 aliphatic carbocycles. The van der Waals surface area contributed by atoms with Crippen molar-refractivity contribution in [3.63, 3.8) is 0 Å². The van der Waals surface area contributed by atoms with Crippen LogP contribution in [0.2, 0.25) is 0 Å². The standard InChI is InChI=1S/C22H30O3/c1-12(11-23)15-6-7-16-14-5-4-13-10-18(24)19-20(25-19)22(13,3)17(14)8-9-21(15,16)2/h4-5,11-12,15-20,24H,6-10H2,1-3H3/t12?,15-,16+,17+,18-,19+,20+,21-,22+/m1/s1. The SMILES string of the molecule is CC(C=O)[C@H]1CC[C@H]2C3=CC=C4C[C@@H](O)[C@@H]5O[C@@H]5[C@]4(C)[C@H]3CC[C@]12C. The predicted molar refractivity (Wildman–Crippen MR) is 95.8 cm³/mol. The van der Waals surface area contributed by atoms with E-state index in [1.165, 1.54) is 37.5 Å². The van der Waals surface area contributed by atoms with E-state index in [0.29, 0.717) is 17.8 Å². The molecule has 1 unspecified atom stereocenters. The van der Waals surface area contributed by atoms with Crippen LogP contribution in [0.25, 0.3) is 0 Å². The molecule has 3 saturated carbocycles. The summed E-state index contributed by atoms with van der Waals surface area (Å²) >= 11 is 0. The van der Waals surface area contributed by atoms with E-state index >= 15 is 0 Å². The molecule has 0 bridgehead atoms. The molecule has 1 N–H and O–H groups in total. The van der Waals surface area contributed by atoms with Gasteiger partial charge in [0.15, 0.2) is 0 Å². The van der Waals surface area contributed by atoms with E-state index in [9.17, 15) is 9.90 Å².